The Morgan fingerprint density at radius 2 is 1.56 bits per heavy atom. The molecule has 4 aromatic rings. The molecule has 0 saturated carbocycles. The molecule has 0 amide bonds. The highest BCUT2D eigenvalue weighted by Gasteiger charge is 2.30. The van der Waals surface area contributed by atoms with E-state index < -0.39 is 11.7 Å². The number of nitrogens with zero attached hydrogens (tertiary/aromatic N) is 2. The minimum atomic E-state index is -4.35. The molecule has 5 heteroatoms. The van der Waals surface area contributed by atoms with E-state index in [1.165, 1.54) is 12.1 Å². The fourth-order valence-corrected chi connectivity index (χ4v) is 2.89. The number of hydrogen-bond acceptors (Lipinski definition) is 2. The summed E-state index contributed by atoms with van der Waals surface area (Å²) in [7, 11) is 0. The van der Waals surface area contributed by atoms with Gasteiger partial charge >= 0.3 is 6.18 Å². The summed E-state index contributed by atoms with van der Waals surface area (Å²) in [6.07, 6.45) is -2.65. The second-order valence-electron chi connectivity index (χ2n) is 6.00. The van der Waals surface area contributed by atoms with E-state index in [1.54, 1.807) is 6.20 Å². The van der Waals surface area contributed by atoms with Crippen molar-refractivity contribution in [1.82, 2.24) is 9.97 Å². The fourth-order valence-electron chi connectivity index (χ4n) is 2.89. The quantitative estimate of drug-likeness (QED) is 0.411. The van der Waals surface area contributed by atoms with Crippen LogP contribution in [-0.2, 0) is 6.18 Å². The van der Waals surface area contributed by atoms with Crippen LogP contribution in [0.2, 0.25) is 0 Å². The average Bonchev–Trinajstić information content (AvgIpc) is 2.60. The molecule has 0 saturated heterocycles. The highest BCUT2D eigenvalue weighted by molar-refractivity contribution is 6.05. The van der Waals surface area contributed by atoms with Gasteiger partial charge in [-0.15, -0.1) is 0 Å². The van der Waals surface area contributed by atoms with E-state index >= 15 is 0 Å². The Balaban J connectivity index is 1.87. The van der Waals surface area contributed by atoms with Gasteiger partial charge in [-0.1, -0.05) is 48.0 Å². The number of fused-ring (bicyclic) bond motifs is 3. The lowest BCUT2D eigenvalue weighted by Gasteiger charge is -2.08. The number of benzene rings is 3. The van der Waals surface area contributed by atoms with Gasteiger partial charge < -0.3 is 0 Å². The Bertz CT molecular complexity index is 1080. The first-order valence-electron chi connectivity index (χ1n) is 7.75. The van der Waals surface area contributed by atoms with Crippen molar-refractivity contribution in [1.29, 1.82) is 0 Å². The molecule has 0 aliphatic heterocycles. The van der Waals surface area contributed by atoms with Crippen LogP contribution in [0.3, 0.4) is 0 Å². The molecule has 0 radical (unpaired) electrons. The number of rotatable bonds is 1. The van der Waals surface area contributed by atoms with Crippen LogP contribution >= 0.6 is 0 Å². The maximum Gasteiger partial charge on any atom is 0.416 e. The Kier molecular flexibility index (Phi) is 3.46. The molecular formula is C20H13F3N2. The largest absolute Gasteiger partial charge is 0.416 e. The molecule has 124 valence electrons. The third-order valence-electron chi connectivity index (χ3n) is 4.19. The summed E-state index contributed by atoms with van der Waals surface area (Å²) in [6.45, 7) is 2.03. The molecule has 0 aliphatic rings. The van der Waals surface area contributed by atoms with Gasteiger partial charge in [0.1, 0.15) is 0 Å². The van der Waals surface area contributed by atoms with Gasteiger partial charge in [0.15, 0.2) is 5.82 Å². The van der Waals surface area contributed by atoms with Crippen molar-refractivity contribution in [3.8, 4) is 11.4 Å². The van der Waals surface area contributed by atoms with Crippen molar-refractivity contribution >= 4 is 21.7 Å². The van der Waals surface area contributed by atoms with Crippen LogP contribution in [-0.4, -0.2) is 9.97 Å². The lowest BCUT2D eigenvalue weighted by molar-refractivity contribution is -0.137. The summed E-state index contributed by atoms with van der Waals surface area (Å²) < 4.78 is 38.1. The van der Waals surface area contributed by atoms with Crippen LogP contribution in [0.4, 0.5) is 13.2 Å². The molecule has 0 unspecified atom stereocenters. The summed E-state index contributed by atoms with van der Waals surface area (Å²) in [5.41, 5.74) is 1.82. The molecule has 0 spiro atoms. The van der Waals surface area contributed by atoms with Crippen molar-refractivity contribution < 1.29 is 13.2 Å². The van der Waals surface area contributed by atoms with Crippen LogP contribution in [0.5, 0.6) is 0 Å². The van der Waals surface area contributed by atoms with Gasteiger partial charge in [0, 0.05) is 22.5 Å². The second kappa shape index (κ2) is 5.55. The predicted octanol–water partition coefficient (Wildman–Crippen LogP) is 5.78. The molecule has 2 nitrogen and oxygen atoms in total. The van der Waals surface area contributed by atoms with Gasteiger partial charge in [0.25, 0.3) is 0 Å². The fraction of sp³-hybridized carbons (Fsp3) is 0.100. The van der Waals surface area contributed by atoms with Crippen LogP contribution in [0, 0.1) is 6.92 Å². The number of aryl methyl sites for hydroxylation is 1. The van der Waals surface area contributed by atoms with Gasteiger partial charge in [0.2, 0.25) is 0 Å². The maximum atomic E-state index is 12.7. The Morgan fingerprint density at radius 3 is 2.28 bits per heavy atom. The third-order valence-corrected chi connectivity index (χ3v) is 4.19. The lowest BCUT2D eigenvalue weighted by atomic mass is 10.0. The second-order valence-corrected chi connectivity index (χ2v) is 6.00. The number of aromatic nitrogens is 2. The summed E-state index contributed by atoms with van der Waals surface area (Å²) in [5.74, 6) is 0.411. The van der Waals surface area contributed by atoms with Crippen molar-refractivity contribution in [2.45, 2.75) is 13.1 Å². The maximum absolute atomic E-state index is 12.7. The smallest absolute Gasteiger partial charge is 0.236 e. The van der Waals surface area contributed by atoms with Crippen LogP contribution < -0.4 is 0 Å². The van der Waals surface area contributed by atoms with Crippen molar-refractivity contribution in [3.63, 3.8) is 0 Å². The van der Waals surface area contributed by atoms with Crippen LogP contribution in [0.1, 0.15) is 11.1 Å². The minimum absolute atomic E-state index is 0.411. The van der Waals surface area contributed by atoms with Gasteiger partial charge in [-0.2, -0.15) is 13.2 Å². The number of alkyl halides is 3. The highest BCUT2D eigenvalue weighted by Crippen LogP contribution is 2.31. The summed E-state index contributed by atoms with van der Waals surface area (Å²) in [6, 6.07) is 15.0. The standard InChI is InChI=1S/C20H13F3N2/c1-12-2-9-17-14(10-12)3-4-15-11-24-19(25-18(15)17)13-5-7-16(8-6-13)20(21,22)23/h2-11H,1H3. The zero-order valence-corrected chi connectivity index (χ0v) is 13.3. The van der Waals surface area contributed by atoms with E-state index in [0.717, 1.165) is 39.4 Å². The molecule has 3 aromatic carbocycles. The van der Waals surface area contributed by atoms with E-state index in [-0.39, 0.29) is 0 Å². The van der Waals surface area contributed by atoms with Crippen molar-refractivity contribution in [3.05, 3.63) is 71.9 Å². The van der Waals surface area contributed by atoms with E-state index in [1.807, 2.05) is 31.2 Å². The molecule has 0 fully saturated rings. The number of halogens is 3. The monoisotopic (exact) mass is 338 g/mol. The van der Waals surface area contributed by atoms with Gasteiger partial charge in [0.05, 0.1) is 11.1 Å². The summed E-state index contributed by atoms with van der Waals surface area (Å²) >= 11 is 0. The minimum Gasteiger partial charge on any atom is -0.236 e. The van der Waals surface area contributed by atoms with E-state index in [2.05, 4.69) is 16.0 Å². The molecule has 25 heavy (non-hydrogen) atoms. The Morgan fingerprint density at radius 1 is 0.840 bits per heavy atom. The average molecular weight is 338 g/mol. The first kappa shape index (κ1) is 15.6. The normalized spacial score (nSPS) is 12.0. The Labute approximate surface area is 142 Å². The first-order valence-corrected chi connectivity index (χ1v) is 7.75. The Hall–Kier alpha value is -2.95. The van der Waals surface area contributed by atoms with Crippen LogP contribution in [0.25, 0.3) is 33.1 Å². The van der Waals surface area contributed by atoms with Crippen molar-refractivity contribution in [2.24, 2.45) is 0 Å². The molecule has 4 rings (SSSR count). The molecule has 1 aromatic heterocycles. The molecule has 0 N–H and O–H groups in total. The summed E-state index contributed by atoms with van der Waals surface area (Å²) in [5, 5.41) is 2.97. The first-order chi connectivity index (χ1) is 11.9. The summed E-state index contributed by atoms with van der Waals surface area (Å²) in [4.78, 5) is 8.90. The molecule has 0 bridgehead atoms. The SMILES string of the molecule is Cc1ccc2c(ccc3cnc(-c4ccc(C(F)(F)F)cc4)nc32)c1. The number of hydrogen-bond donors (Lipinski definition) is 0. The van der Waals surface area contributed by atoms with Gasteiger partial charge in [-0.05, 0) is 24.4 Å². The molecule has 0 atom stereocenters. The van der Waals surface area contributed by atoms with E-state index in [9.17, 15) is 13.2 Å². The van der Waals surface area contributed by atoms with Gasteiger partial charge in [-0.3, -0.25) is 0 Å². The highest BCUT2D eigenvalue weighted by atomic mass is 19.4. The zero-order valence-electron chi connectivity index (χ0n) is 13.3. The van der Waals surface area contributed by atoms with E-state index in [0.29, 0.717) is 11.4 Å². The zero-order chi connectivity index (χ0) is 17.6. The topological polar surface area (TPSA) is 25.8 Å². The van der Waals surface area contributed by atoms with Gasteiger partial charge in [-0.25, -0.2) is 9.97 Å². The third kappa shape index (κ3) is 2.82. The lowest BCUT2D eigenvalue weighted by Crippen LogP contribution is -2.04. The molecule has 0 aliphatic carbocycles. The van der Waals surface area contributed by atoms with Crippen molar-refractivity contribution in [2.75, 3.05) is 0 Å². The van der Waals surface area contributed by atoms with Crippen LogP contribution in [0.15, 0.2) is 60.8 Å². The molecule has 1 heterocycles. The van der Waals surface area contributed by atoms with E-state index in [4.69, 9.17) is 0 Å². The predicted molar refractivity (Wildman–Crippen MR) is 92.2 cm³/mol. The molecular weight excluding hydrogens is 325 g/mol.